The van der Waals surface area contributed by atoms with Gasteiger partial charge in [-0.25, -0.2) is 9.97 Å². The van der Waals surface area contributed by atoms with Crippen molar-refractivity contribution in [2.45, 2.75) is 19.5 Å². The molecule has 4 nitrogen and oxygen atoms in total. The van der Waals surface area contributed by atoms with E-state index in [1.807, 2.05) is 18.5 Å². The van der Waals surface area contributed by atoms with Crippen LogP contribution >= 0.6 is 15.9 Å². The number of nitrogens with zero attached hydrogens (tertiary/aromatic N) is 2. The summed E-state index contributed by atoms with van der Waals surface area (Å²) in [7, 11) is 1.66. The van der Waals surface area contributed by atoms with Crippen LogP contribution in [0.3, 0.4) is 0 Å². The quantitative estimate of drug-likeness (QED) is 0.919. The van der Waals surface area contributed by atoms with Gasteiger partial charge in [-0.1, -0.05) is 6.07 Å². The fourth-order valence-electron chi connectivity index (χ4n) is 1.76. The first kappa shape index (κ1) is 14.0. The molecular weight excluding hydrogens is 306 g/mol. The average molecular weight is 322 g/mol. The first-order valence-corrected chi connectivity index (χ1v) is 6.80. The highest BCUT2D eigenvalue weighted by Crippen LogP contribution is 2.27. The summed E-state index contributed by atoms with van der Waals surface area (Å²) < 4.78 is 6.19. The number of ether oxygens (including phenoxy) is 1. The molecule has 2 aromatic rings. The molecule has 0 fully saturated rings. The van der Waals surface area contributed by atoms with Crippen molar-refractivity contribution in [3.63, 3.8) is 0 Å². The molecule has 0 saturated heterocycles. The van der Waals surface area contributed by atoms with Crippen LogP contribution in [-0.4, -0.2) is 17.1 Å². The first-order chi connectivity index (χ1) is 9.20. The van der Waals surface area contributed by atoms with E-state index in [4.69, 9.17) is 4.74 Å². The molecule has 1 aromatic heterocycles. The molecular formula is C14H16BrN3O. The lowest BCUT2D eigenvalue weighted by Gasteiger charge is -2.15. The van der Waals surface area contributed by atoms with Crippen LogP contribution in [0.2, 0.25) is 0 Å². The maximum absolute atomic E-state index is 5.23. The van der Waals surface area contributed by atoms with Gasteiger partial charge in [0, 0.05) is 30.5 Å². The average Bonchev–Trinajstić information content (AvgIpc) is 2.45. The minimum Gasteiger partial charge on any atom is -0.496 e. The van der Waals surface area contributed by atoms with Gasteiger partial charge in [0.25, 0.3) is 0 Å². The van der Waals surface area contributed by atoms with Crippen molar-refractivity contribution in [3.8, 4) is 5.75 Å². The third-order valence-electron chi connectivity index (χ3n) is 2.90. The highest BCUT2D eigenvalue weighted by atomic mass is 79.9. The number of aromatic nitrogens is 2. The highest BCUT2D eigenvalue weighted by Gasteiger charge is 2.08. The second-order valence-corrected chi connectivity index (χ2v) is 5.10. The molecule has 5 heteroatoms. The first-order valence-electron chi connectivity index (χ1n) is 6.01. The van der Waals surface area contributed by atoms with Gasteiger partial charge in [-0.3, -0.25) is 0 Å². The van der Waals surface area contributed by atoms with Crippen LogP contribution in [0.15, 0.2) is 41.4 Å². The fourth-order valence-corrected chi connectivity index (χ4v) is 2.32. The monoisotopic (exact) mass is 321 g/mol. The molecule has 0 saturated carbocycles. The van der Waals surface area contributed by atoms with Gasteiger partial charge in [0.15, 0.2) is 0 Å². The van der Waals surface area contributed by atoms with E-state index in [9.17, 15) is 0 Å². The zero-order valence-corrected chi connectivity index (χ0v) is 12.5. The van der Waals surface area contributed by atoms with Crippen molar-refractivity contribution < 1.29 is 4.74 Å². The lowest BCUT2D eigenvalue weighted by molar-refractivity contribution is 0.411. The summed E-state index contributed by atoms with van der Waals surface area (Å²) in [6, 6.07) is 6.33. The molecule has 1 N–H and O–H groups in total. The van der Waals surface area contributed by atoms with Crippen molar-refractivity contribution in [2.24, 2.45) is 0 Å². The molecule has 0 aliphatic rings. The molecule has 0 bridgehead atoms. The number of hydrogen-bond acceptors (Lipinski definition) is 4. The number of hydrogen-bond donors (Lipinski definition) is 1. The number of benzene rings is 1. The maximum atomic E-state index is 5.23. The maximum Gasteiger partial charge on any atom is 0.133 e. The highest BCUT2D eigenvalue weighted by molar-refractivity contribution is 9.10. The van der Waals surface area contributed by atoms with E-state index < -0.39 is 0 Å². The molecule has 0 spiro atoms. The van der Waals surface area contributed by atoms with Crippen LogP contribution in [0.1, 0.15) is 24.1 Å². The van der Waals surface area contributed by atoms with Gasteiger partial charge in [0.2, 0.25) is 0 Å². The van der Waals surface area contributed by atoms with Gasteiger partial charge in [-0.15, -0.1) is 0 Å². The summed E-state index contributed by atoms with van der Waals surface area (Å²) in [6.07, 6.45) is 5.17. The Morgan fingerprint density at radius 1 is 1.32 bits per heavy atom. The third-order valence-corrected chi connectivity index (χ3v) is 3.52. The number of rotatable bonds is 5. The number of nitrogens with one attached hydrogen (secondary N) is 1. The van der Waals surface area contributed by atoms with Crippen molar-refractivity contribution in [2.75, 3.05) is 7.11 Å². The van der Waals surface area contributed by atoms with E-state index in [0.29, 0.717) is 0 Å². The molecule has 0 amide bonds. The summed E-state index contributed by atoms with van der Waals surface area (Å²) in [6.45, 7) is 2.86. The minimum atomic E-state index is 0.238. The normalized spacial score (nSPS) is 12.2. The number of methoxy groups -OCH3 is 1. The lowest BCUT2D eigenvalue weighted by Crippen LogP contribution is -2.18. The van der Waals surface area contributed by atoms with Crippen LogP contribution in [0, 0.1) is 0 Å². The summed E-state index contributed by atoms with van der Waals surface area (Å²) in [5.41, 5.74) is 2.27. The van der Waals surface area contributed by atoms with E-state index in [1.165, 1.54) is 11.9 Å². The lowest BCUT2D eigenvalue weighted by atomic mass is 10.1. The second kappa shape index (κ2) is 6.63. The molecule has 1 aromatic carbocycles. The fraction of sp³-hybridized carbons (Fsp3) is 0.286. The SMILES string of the molecule is COc1ccc(C(C)NCc2cncnc2)cc1Br. The Bertz CT molecular complexity index is 533. The van der Waals surface area contributed by atoms with E-state index in [-0.39, 0.29) is 6.04 Å². The van der Waals surface area contributed by atoms with Crippen LogP contribution < -0.4 is 10.1 Å². The van der Waals surface area contributed by atoms with Gasteiger partial charge < -0.3 is 10.1 Å². The van der Waals surface area contributed by atoms with Gasteiger partial charge in [-0.2, -0.15) is 0 Å². The molecule has 1 unspecified atom stereocenters. The predicted molar refractivity (Wildman–Crippen MR) is 78.0 cm³/mol. The van der Waals surface area contributed by atoms with Gasteiger partial charge in [0.1, 0.15) is 12.1 Å². The Labute approximate surface area is 121 Å². The molecule has 1 heterocycles. The van der Waals surface area contributed by atoms with Crippen molar-refractivity contribution in [3.05, 3.63) is 52.5 Å². The van der Waals surface area contributed by atoms with Crippen molar-refractivity contribution in [1.29, 1.82) is 0 Å². The Hall–Kier alpha value is -1.46. The summed E-state index contributed by atoms with van der Waals surface area (Å²) in [4.78, 5) is 7.99. The van der Waals surface area contributed by atoms with Gasteiger partial charge >= 0.3 is 0 Å². The molecule has 1 atom stereocenters. The van der Waals surface area contributed by atoms with Crippen molar-refractivity contribution in [1.82, 2.24) is 15.3 Å². The summed E-state index contributed by atoms with van der Waals surface area (Å²) in [5.74, 6) is 0.840. The molecule has 0 aliphatic carbocycles. The van der Waals surface area contributed by atoms with E-state index in [2.05, 4.69) is 50.3 Å². The van der Waals surface area contributed by atoms with Gasteiger partial charge in [-0.05, 0) is 40.5 Å². The molecule has 2 rings (SSSR count). The third kappa shape index (κ3) is 3.75. The van der Waals surface area contributed by atoms with Crippen molar-refractivity contribution >= 4 is 15.9 Å². The standard InChI is InChI=1S/C14H16BrN3O/c1-10(18-8-11-6-16-9-17-7-11)12-3-4-14(19-2)13(15)5-12/h3-7,9-10,18H,8H2,1-2H3. The number of halogens is 1. The van der Waals surface area contributed by atoms with Crippen LogP contribution in [0.25, 0.3) is 0 Å². The zero-order valence-electron chi connectivity index (χ0n) is 10.9. The molecule has 100 valence electrons. The minimum absolute atomic E-state index is 0.238. The van der Waals surface area contributed by atoms with Crippen LogP contribution in [0.5, 0.6) is 5.75 Å². The predicted octanol–water partition coefficient (Wildman–Crippen LogP) is 3.10. The van der Waals surface area contributed by atoms with E-state index in [0.717, 1.165) is 22.3 Å². The smallest absolute Gasteiger partial charge is 0.133 e. The Morgan fingerprint density at radius 2 is 2.05 bits per heavy atom. The van der Waals surface area contributed by atoms with E-state index in [1.54, 1.807) is 7.11 Å². The largest absolute Gasteiger partial charge is 0.496 e. The summed E-state index contributed by atoms with van der Waals surface area (Å²) in [5, 5.41) is 3.44. The molecule has 19 heavy (non-hydrogen) atoms. The zero-order chi connectivity index (χ0) is 13.7. The molecule has 0 aliphatic heterocycles. The molecule has 0 radical (unpaired) electrons. The second-order valence-electron chi connectivity index (χ2n) is 4.24. The Kier molecular flexibility index (Phi) is 4.87. The Balaban J connectivity index is 2.00. The van der Waals surface area contributed by atoms with Crippen LogP contribution in [-0.2, 0) is 6.54 Å². The van der Waals surface area contributed by atoms with Gasteiger partial charge in [0.05, 0.1) is 11.6 Å². The summed E-state index contributed by atoms with van der Waals surface area (Å²) >= 11 is 3.50. The van der Waals surface area contributed by atoms with E-state index >= 15 is 0 Å². The Morgan fingerprint density at radius 3 is 2.68 bits per heavy atom. The topological polar surface area (TPSA) is 47.0 Å². The van der Waals surface area contributed by atoms with Crippen LogP contribution in [0.4, 0.5) is 0 Å².